The number of benzene rings is 1. The molecule has 0 radical (unpaired) electrons. The highest BCUT2D eigenvalue weighted by molar-refractivity contribution is 5.75. The van der Waals surface area contributed by atoms with Gasteiger partial charge in [-0.3, -0.25) is 4.79 Å². The van der Waals surface area contributed by atoms with Gasteiger partial charge in [0, 0.05) is 31.6 Å². The van der Waals surface area contributed by atoms with E-state index in [-0.39, 0.29) is 62.0 Å². The molecule has 2 aliphatic carbocycles. The molecule has 6 atom stereocenters. The molecule has 0 spiro atoms. The van der Waals surface area contributed by atoms with Gasteiger partial charge in [0.25, 0.3) is 0 Å². The van der Waals surface area contributed by atoms with Gasteiger partial charge >= 0.3 is 11.9 Å². The fourth-order valence-corrected chi connectivity index (χ4v) is 5.25. The number of para-hydroxylation sites is 1. The number of ether oxygens (including phenoxy) is 2. The maximum atomic E-state index is 14.1. The molecule has 3 rings (SSSR count). The van der Waals surface area contributed by atoms with Gasteiger partial charge in [-0.2, -0.15) is 0 Å². The summed E-state index contributed by atoms with van der Waals surface area (Å²) < 4.78 is 25.6. The molecule has 0 fully saturated rings. The summed E-state index contributed by atoms with van der Waals surface area (Å²) in [7, 11) is 0. The standard InChI is InChI=1S/C28H37FO8/c1-3-22(36-23-8-5-4-7-21(23)29)27(33)37-24-16-19(30)15-18-11-10-17(2)20(26(18)24)12-14-28(34,35)13-6-9-25(31)32/h4-5,7-8,10-11,15,17,19-20,22,24,26,30,34-35H,3,6,9,12-14,16H2,1-2H3,(H,31,32). The van der Waals surface area contributed by atoms with Crippen molar-refractivity contribution < 1.29 is 43.9 Å². The molecule has 6 unspecified atom stereocenters. The minimum Gasteiger partial charge on any atom is -0.481 e. The van der Waals surface area contributed by atoms with Crippen LogP contribution in [0.15, 0.2) is 48.1 Å². The lowest BCUT2D eigenvalue weighted by molar-refractivity contribution is -0.177. The Morgan fingerprint density at radius 1 is 1.22 bits per heavy atom. The number of rotatable bonds is 12. The lowest BCUT2D eigenvalue weighted by Crippen LogP contribution is -2.44. The second-order valence-electron chi connectivity index (χ2n) is 10.1. The molecule has 4 N–H and O–H groups in total. The molecule has 0 bridgehead atoms. The zero-order valence-corrected chi connectivity index (χ0v) is 21.3. The Kier molecular flexibility index (Phi) is 9.87. The van der Waals surface area contributed by atoms with Crippen molar-refractivity contribution in [3.8, 4) is 5.75 Å². The maximum Gasteiger partial charge on any atom is 0.347 e. The molecule has 0 saturated heterocycles. The minimum atomic E-state index is -2.01. The third-order valence-electron chi connectivity index (χ3n) is 7.23. The molecule has 0 aromatic heterocycles. The molecule has 37 heavy (non-hydrogen) atoms. The van der Waals surface area contributed by atoms with Gasteiger partial charge in [-0.1, -0.05) is 44.2 Å². The summed E-state index contributed by atoms with van der Waals surface area (Å²) in [6.07, 6.45) is 3.86. The van der Waals surface area contributed by atoms with E-state index in [0.29, 0.717) is 6.42 Å². The number of aliphatic hydroxyl groups is 3. The van der Waals surface area contributed by atoms with Crippen molar-refractivity contribution in [1.29, 1.82) is 0 Å². The Labute approximate surface area is 216 Å². The highest BCUT2D eigenvalue weighted by atomic mass is 19.1. The highest BCUT2D eigenvalue weighted by Crippen LogP contribution is 2.44. The summed E-state index contributed by atoms with van der Waals surface area (Å²) in [6, 6.07) is 5.81. The van der Waals surface area contributed by atoms with Crippen LogP contribution in [0, 0.1) is 23.6 Å². The number of halogens is 1. The SMILES string of the molecule is CCC(Oc1ccccc1F)C(=O)OC1CC(O)C=C2C=CC(C)C(CCC(O)(O)CCCC(=O)O)C21. The van der Waals surface area contributed by atoms with E-state index in [1.807, 2.05) is 19.1 Å². The molecule has 2 aliphatic rings. The van der Waals surface area contributed by atoms with E-state index in [2.05, 4.69) is 0 Å². The Hall–Kier alpha value is -2.75. The van der Waals surface area contributed by atoms with E-state index in [0.717, 1.165) is 5.57 Å². The zero-order chi connectivity index (χ0) is 27.2. The van der Waals surface area contributed by atoms with Gasteiger partial charge in [0.15, 0.2) is 23.5 Å². The first-order valence-electron chi connectivity index (χ1n) is 12.9. The number of carboxylic acid groups (broad SMARTS) is 1. The van der Waals surface area contributed by atoms with Crippen LogP contribution in [0.4, 0.5) is 4.39 Å². The van der Waals surface area contributed by atoms with Crippen LogP contribution in [0.2, 0.25) is 0 Å². The normalized spacial score (nSPS) is 26.1. The van der Waals surface area contributed by atoms with Crippen molar-refractivity contribution >= 4 is 11.9 Å². The van der Waals surface area contributed by atoms with Crippen LogP contribution in [0.25, 0.3) is 0 Å². The van der Waals surface area contributed by atoms with Crippen LogP contribution in [0.3, 0.4) is 0 Å². The average molecular weight is 521 g/mol. The van der Waals surface area contributed by atoms with Crippen LogP contribution in [0.5, 0.6) is 5.75 Å². The van der Waals surface area contributed by atoms with E-state index in [4.69, 9.17) is 14.6 Å². The predicted molar refractivity (Wildman–Crippen MR) is 133 cm³/mol. The Morgan fingerprint density at radius 2 is 1.95 bits per heavy atom. The third-order valence-corrected chi connectivity index (χ3v) is 7.23. The number of carbonyl (C=O) groups is 2. The molecule has 0 heterocycles. The first-order chi connectivity index (χ1) is 17.5. The molecule has 204 valence electrons. The van der Waals surface area contributed by atoms with Gasteiger partial charge in [-0.05, 0) is 48.8 Å². The second kappa shape index (κ2) is 12.7. The monoisotopic (exact) mass is 520 g/mol. The van der Waals surface area contributed by atoms with Gasteiger partial charge in [0.05, 0.1) is 6.10 Å². The van der Waals surface area contributed by atoms with Gasteiger partial charge in [0.2, 0.25) is 0 Å². The van der Waals surface area contributed by atoms with Gasteiger partial charge in [-0.15, -0.1) is 0 Å². The van der Waals surface area contributed by atoms with Gasteiger partial charge in [-0.25, -0.2) is 9.18 Å². The largest absolute Gasteiger partial charge is 0.481 e. The molecule has 8 nitrogen and oxygen atoms in total. The second-order valence-corrected chi connectivity index (χ2v) is 10.1. The van der Waals surface area contributed by atoms with Crippen molar-refractivity contribution in [1.82, 2.24) is 0 Å². The third kappa shape index (κ3) is 7.87. The number of allylic oxidation sites excluding steroid dienone is 2. The summed E-state index contributed by atoms with van der Waals surface area (Å²) in [5.41, 5.74) is 0.815. The molecule has 9 heteroatoms. The lowest BCUT2D eigenvalue weighted by Gasteiger charge is -2.43. The molecular weight excluding hydrogens is 483 g/mol. The predicted octanol–water partition coefficient (Wildman–Crippen LogP) is 3.74. The van der Waals surface area contributed by atoms with E-state index in [1.54, 1.807) is 19.1 Å². The van der Waals surface area contributed by atoms with Crippen molar-refractivity contribution in [2.24, 2.45) is 17.8 Å². The molecule has 1 aromatic rings. The molecule has 1 aromatic carbocycles. The number of hydrogen-bond donors (Lipinski definition) is 4. The summed E-state index contributed by atoms with van der Waals surface area (Å²) in [4.78, 5) is 23.9. The summed E-state index contributed by atoms with van der Waals surface area (Å²) >= 11 is 0. The van der Waals surface area contributed by atoms with Gasteiger partial charge in [0.1, 0.15) is 6.10 Å². The number of hydrogen-bond acceptors (Lipinski definition) is 7. The van der Waals surface area contributed by atoms with Crippen LogP contribution in [-0.4, -0.2) is 56.5 Å². The minimum absolute atomic E-state index is 0.0243. The number of aliphatic hydroxyl groups excluding tert-OH is 1. The van der Waals surface area contributed by atoms with Crippen molar-refractivity contribution in [3.05, 3.63) is 53.9 Å². The quantitative estimate of drug-likeness (QED) is 0.242. The lowest BCUT2D eigenvalue weighted by atomic mass is 9.66. The average Bonchev–Trinajstić information content (AvgIpc) is 2.82. The Balaban J connectivity index is 1.73. The molecular formula is C28H37FO8. The van der Waals surface area contributed by atoms with E-state index < -0.39 is 41.9 Å². The maximum absolute atomic E-state index is 14.1. The number of aliphatic carboxylic acids is 1. The number of carbonyl (C=O) groups excluding carboxylic acids is 1. The fourth-order valence-electron chi connectivity index (χ4n) is 5.25. The Morgan fingerprint density at radius 3 is 2.62 bits per heavy atom. The summed E-state index contributed by atoms with van der Waals surface area (Å²) in [5.74, 6) is -4.66. The summed E-state index contributed by atoms with van der Waals surface area (Å²) in [5, 5.41) is 40.1. The van der Waals surface area contributed by atoms with Crippen LogP contribution >= 0.6 is 0 Å². The molecule has 0 amide bonds. The van der Waals surface area contributed by atoms with E-state index in [9.17, 15) is 29.3 Å². The van der Waals surface area contributed by atoms with Crippen LogP contribution < -0.4 is 4.74 Å². The molecule has 0 saturated carbocycles. The first-order valence-corrected chi connectivity index (χ1v) is 12.9. The van der Waals surface area contributed by atoms with E-state index >= 15 is 0 Å². The van der Waals surface area contributed by atoms with Crippen molar-refractivity contribution in [3.63, 3.8) is 0 Å². The smallest absolute Gasteiger partial charge is 0.347 e. The summed E-state index contributed by atoms with van der Waals surface area (Å²) in [6.45, 7) is 3.73. The zero-order valence-electron chi connectivity index (χ0n) is 21.3. The number of esters is 1. The van der Waals surface area contributed by atoms with E-state index in [1.165, 1.54) is 18.2 Å². The van der Waals surface area contributed by atoms with Crippen LogP contribution in [0.1, 0.15) is 58.8 Å². The number of fused-ring (bicyclic) bond motifs is 1. The molecule has 0 aliphatic heterocycles. The van der Waals surface area contributed by atoms with Crippen LogP contribution in [-0.2, 0) is 14.3 Å². The van der Waals surface area contributed by atoms with Gasteiger partial charge < -0.3 is 29.9 Å². The Bertz CT molecular complexity index is 1000. The number of carboxylic acids is 1. The highest BCUT2D eigenvalue weighted by Gasteiger charge is 2.43. The van der Waals surface area contributed by atoms with Crippen molar-refractivity contribution in [2.45, 2.75) is 82.9 Å². The van der Waals surface area contributed by atoms with Crippen molar-refractivity contribution in [2.75, 3.05) is 0 Å². The topological polar surface area (TPSA) is 134 Å². The fraction of sp³-hybridized carbons (Fsp3) is 0.571. The first kappa shape index (κ1) is 28.8.